The Balaban J connectivity index is 0. The summed E-state index contributed by atoms with van der Waals surface area (Å²) < 4.78 is 0. The van der Waals surface area contributed by atoms with Gasteiger partial charge in [-0.05, 0) is 44.7 Å². The summed E-state index contributed by atoms with van der Waals surface area (Å²) in [6, 6.07) is 0. The first-order valence-electron chi connectivity index (χ1n) is 5.69. The van der Waals surface area contributed by atoms with E-state index in [0.29, 0.717) is 11.3 Å². The van der Waals surface area contributed by atoms with Crippen LogP contribution in [0.3, 0.4) is 0 Å². The van der Waals surface area contributed by atoms with Gasteiger partial charge in [-0.3, -0.25) is 4.79 Å². The minimum atomic E-state index is -0.614. The highest BCUT2D eigenvalue weighted by atomic mass is 35.5. The molecule has 0 aromatic carbocycles. The van der Waals surface area contributed by atoms with Crippen LogP contribution in [0.5, 0.6) is 0 Å². The van der Waals surface area contributed by atoms with Crippen molar-refractivity contribution in [2.75, 3.05) is 20.6 Å². The molecule has 3 nitrogen and oxygen atoms in total. The van der Waals surface area contributed by atoms with Crippen molar-refractivity contribution in [2.45, 2.75) is 33.1 Å². The summed E-state index contributed by atoms with van der Waals surface area (Å²) in [5.41, 5.74) is 0.312. The van der Waals surface area contributed by atoms with Gasteiger partial charge in [0.25, 0.3) is 0 Å². The third kappa shape index (κ3) is 5.94. The van der Waals surface area contributed by atoms with Crippen LogP contribution in [-0.2, 0) is 4.79 Å². The van der Waals surface area contributed by atoms with Crippen molar-refractivity contribution in [3.8, 4) is 0 Å². The number of nitrogens with zero attached hydrogens (tertiary/aromatic N) is 1. The van der Waals surface area contributed by atoms with Gasteiger partial charge in [0, 0.05) is 6.54 Å². The molecule has 0 spiro atoms. The molecule has 1 saturated carbocycles. The summed E-state index contributed by atoms with van der Waals surface area (Å²) in [4.78, 5) is 13.2. The van der Waals surface area contributed by atoms with Gasteiger partial charge in [0.05, 0.1) is 5.92 Å². The lowest BCUT2D eigenvalue weighted by molar-refractivity contribution is -0.146. The first kappa shape index (κ1) is 19.4. The van der Waals surface area contributed by atoms with Crippen molar-refractivity contribution in [1.82, 2.24) is 4.90 Å². The van der Waals surface area contributed by atoms with Crippen LogP contribution in [0.4, 0.5) is 0 Å². The first-order chi connectivity index (χ1) is 6.82. The van der Waals surface area contributed by atoms with Gasteiger partial charge in [0.15, 0.2) is 0 Å². The molecule has 0 amide bonds. The average Bonchev–Trinajstić information content (AvgIpc) is 1.99. The van der Waals surface area contributed by atoms with Gasteiger partial charge in [-0.1, -0.05) is 13.8 Å². The Morgan fingerprint density at radius 2 is 1.88 bits per heavy atom. The molecule has 5 heteroatoms. The highest BCUT2D eigenvalue weighted by Crippen LogP contribution is 2.42. The van der Waals surface area contributed by atoms with Crippen LogP contribution >= 0.6 is 24.8 Å². The number of carboxylic acids is 1. The third-order valence-corrected chi connectivity index (χ3v) is 3.43. The largest absolute Gasteiger partial charge is 0.481 e. The lowest BCUT2D eigenvalue weighted by atomic mass is 9.67. The summed E-state index contributed by atoms with van der Waals surface area (Å²) in [6.07, 6.45) is 2.90. The summed E-state index contributed by atoms with van der Waals surface area (Å²) in [6.45, 7) is 5.38. The van der Waals surface area contributed by atoms with E-state index in [1.807, 2.05) is 14.1 Å². The van der Waals surface area contributed by atoms with Gasteiger partial charge in [-0.15, -0.1) is 24.8 Å². The fourth-order valence-electron chi connectivity index (χ4n) is 2.72. The lowest BCUT2D eigenvalue weighted by Gasteiger charge is -2.40. The fourth-order valence-corrected chi connectivity index (χ4v) is 2.72. The molecule has 1 N–H and O–H groups in total. The Kier molecular flexibility index (Phi) is 8.48. The smallest absolute Gasteiger partial charge is 0.306 e. The van der Waals surface area contributed by atoms with Crippen molar-refractivity contribution < 1.29 is 9.90 Å². The van der Waals surface area contributed by atoms with Gasteiger partial charge >= 0.3 is 5.97 Å². The molecule has 0 bridgehead atoms. The average molecular weight is 286 g/mol. The van der Waals surface area contributed by atoms with Crippen molar-refractivity contribution in [3.05, 3.63) is 0 Å². The van der Waals surface area contributed by atoms with Crippen LogP contribution in [-0.4, -0.2) is 36.6 Å². The normalized spacial score (nSPS) is 26.9. The van der Waals surface area contributed by atoms with Crippen molar-refractivity contribution in [1.29, 1.82) is 0 Å². The Bertz CT molecular complexity index is 245. The minimum absolute atomic E-state index is 0. The van der Waals surface area contributed by atoms with Crippen LogP contribution in [0.15, 0.2) is 0 Å². The summed E-state index contributed by atoms with van der Waals surface area (Å²) in [5.74, 6) is -0.445. The number of halogens is 2. The van der Waals surface area contributed by atoms with E-state index in [0.717, 1.165) is 25.8 Å². The molecule has 1 rings (SSSR count). The number of aliphatic carboxylic acids is 1. The molecule has 104 valence electrons. The molecule has 2 atom stereocenters. The molecule has 0 aliphatic heterocycles. The topological polar surface area (TPSA) is 40.5 Å². The predicted octanol–water partition coefficient (Wildman–Crippen LogP) is 2.92. The Morgan fingerprint density at radius 1 is 1.35 bits per heavy atom. The molecular formula is C12H25Cl2NO2. The van der Waals surface area contributed by atoms with Crippen LogP contribution in [0.25, 0.3) is 0 Å². The minimum Gasteiger partial charge on any atom is -0.481 e. The maximum absolute atomic E-state index is 11.1. The summed E-state index contributed by atoms with van der Waals surface area (Å²) in [5, 5.41) is 9.17. The van der Waals surface area contributed by atoms with Gasteiger partial charge in [-0.25, -0.2) is 0 Å². The fraction of sp³-hybridized carbons (Fsp3) is 0.917. The molecule has 0 aromatic rings. The maximum Gasteiger partial charge on any atom is 0.306 e. The van der Waals surface area contributed by atoms with E-state index in [1.165, 1.54) is 0 Å². The van der Waals surface area contributed by atoms with E-state index >= 15 is 0 Å². The van der Waals surface area contributed by atoms with Crippen molar-refractivity contribution >= 4 is 30.8 Å². The van der Waals surface area contributed by atoms with Crippen molar-refractivity contribution in [3.63, 3.8) is 0 Å². The monoisotopic (exact) mass is 285 g/mol. The molecule has 1 fully saturated rings. The third-order valence-electron chi connectivity index (χ3n) is 3.43. The molecule has 0 saturated heterocycles. The van der Waals surface area contributed by atoms with E-state index < -0.39 is 5.97 Å². The molecule has 0 radical (unpaired) electrons. The van der Waals surface area contributed by atoms with E-state index in [9.17, 15) is 9.90 Å². The van der Waals surface area contributed by atoms with Crippen LogP contribution < -0.4 is 0 Å². The second-order valence-electron chi connectivity index (χ2n) is 5.87. The highest BCUT2D eigenvalue weighted by molar-refractivity contribution is 5.85. The molecule has 1 aliphatic rings. The Hall–Kier alpha value is 0.01000. The molecule has 1 aliphatic carbocycles. The number of rotatable bonds is 3. The molecule has 0 heterocycles. The SMILES string of the molecule is CN(C)CC1CC(C)(C)CCC1C(=O)O.Cl.Cl. The zero-order valence-electron chi connectivity index (χ0n) is 11.1. The zero-order chi connectivity index (χ0) is 11.6. The quantitative estimate of drug-likeness (QED) is 0.867. The molecule has 17 heavy (non-hydrogen) atoms. The Labute approximate surface area is 117 Å². The summed E-state index contributed by atoms with van der Waals surface area (Å²) in [7, 11) is 4.03. The summed E-state index contributed by atoms with van der Waals surface area (Å²) >= 11 is 0. The second kappa shape index (κ2) is 7.45. The lowest BCUT2D eigenvalue weighted by Crippen LogP contribution is -2.39. The van der Waals surface area contributed by atoms with Crippen LogP contribution in [0.1, 0.15) is 33.1 Å². The number of carboxylic acid groups (broad SMARTS) is 1. The molecule has 0 aromatic heterocycles. The van der Waals surface area contributed by atoms with E-state index in [-0.39, 0.29) is 30.7 Å². The van der Waals surface area contributed by atoms with Gasteiger partial charge in [0.2, 0.25) is 0 Å². The van der Waals surface area contributed by atoms with Gasteiger partial charge in [0.1, 0.15) is 0 Å². The number of hydrogen-bond donors (Lipinski definition) is 1. The van der Waals surface area contributed by atoms with Crippen LogP contribution in [0.2, 0.25) is 0 Å². The number of hydrogen-bond acceptors (Lipinski definition) is 2. The van der Waals surface area contributed by atoms with Gasteiger partial charge in [-0.2, -0.15) is 0 Å². The zero-order valence-corrected chi connectivity index (χ0v) is 12.7. The Morgan fingerprint density at radius 3 is 2.29 bits per heavy atom. The van der Waals surface area contributed by atoms with E-state index in [1.54, 1.807) is 0 Å². The standard InChI is InChI=1S/C12H23NO2.2ClH/c1-12(2)6-5-10(11(14)15)9(7-12)8-13(3)4;;/h9-10H,5-8H2,1-4H3,(H,14,15);2*1H. The van der Waals surface area contributed by atoms with Crippen molar-refractivity contribution in [2.24, 2.45) is 17.3 Å². The number of carbonyl (C=O) groups is 1. The highest BCUT2D eigenvalue weighted by Gasteiger charge is 2.38. The first-order valence-corrected chi connectivity index (χ1v) is 5.69. The van der Waals surface area contributed by atoms with Gasteiger partial charge < -0.3 is 10.0 Å². The predicted molar refractivity (Wildman–Crippen MR) is 75.3 cm³/mol. The maximum atomic E-state index is 11.1. The van der Waals surface area contributed by atoms with Crippen LogP contribution in [0, 0.1) is 17.3 Å². The second-order valence-corrected chi connectivity index (χ2v) is 5.87. The van der Waals surface area contributed by atoms with E-state index in [2.05, 4.69) is 18.7 Å². The molecule has 2 unspecified atom stereocenters. The van der Waals surface area contributed by atoms with E-state index in [4.69, 9.17) is 0 Å². The molecular weight excluding hydrogens is 261 g/mol.